The Balaban J connectivity index is 1.59. The molecule has 0 saturated heterocycles. The van der Waals surface area contributed by atoms with Crippen molar-refractivity contribution in [3.63, 3.8) is 0 Å². The molecule has 4 nitrogen and oxygen atoms in total. The summed E-state index contributed by atoms with van der Waals surface area (Å²) in [4.78, 5) is 0. The van der Waals surface area contributed by atoms with E-state index in [1.54, 1.807) is 29.0 Å². The smallest absolute Gasteiger partial charge is 0.195 e. The van der Waals surface area contributed by atoms with E-state index in [1.807, 2.05) is 42.5 Å². The molecule has 0 N–H and O–H groups in total. The molecule has 0 unspecified atom stereocenters. The van der Waals surface area contributed by atoms with Crippen molar-refractivity contribution in [2.24, 2.45) is 5.10 Å². The third-order valence-electron chi connectivity index (χ3n) is 3.35. The van der Waals surface area contributed by atoms with Crippen LogP contribution in [0.3, 0.4) is 0 Å². The van der Waals surface area contributed by atoms with Gasteiger partial charge < -0.3 is 0 Å². The predicted molar refractivity (Wildman–Crippen MR) is 100 cm³/mol. The van der Waals surface area contributed by atoms with Crippen LogP contribution in [-0.2, 0) is 5.75 Å². The number of aromatic nitrogens is 3. The first-order chi connectivity index (χ1) is 11.8. The molecule has 0 saturated carbocycles. The van der Waals surface area contributed by atoms with E-state index < -0.39 is 0 Å². The molecule has 0 aliphatic rings. The van der Waals surface area contributed by atoms with Gasteiger partial charge in [0.2, 0.25) is 5.16 Å². The largest absolute Gasteiger partial charge is 0.212 e. The first-order valence-electron chi connectivity index (χ1n) is 7.66. The predicted octanol–water partition coefficient (Wildman–Crippen LogP) is 4.43. The zero-order chi connectivity index (χ0) is 16.6. The van der Waals surface area contributed by atoms with E-state index >= 15 is 0 Å². The van der Waals surface area contributed by atoms with Crippen molar-refractivity contribution in [3.05, 3.63) is 83.7 Å². The fourth-order valence-corrected chi connectivity index (χ4v) is 2.87. The van der Waals surface area contributed by atoms with Crippen molar-refractivity contribution in [2.75, 3.05) is 0 Å². The summed E-state index contributed by atoms with van der Waals surface area (Å²) < 4.78 is 1.69. The molecule has 3 rings (SSSR count). The molecule has 1 aromatic heterocycles. The SMILES string of the molecule is Cc1ccc(CSc2nncn2/N=C/C=C\c2ccccc2)cc1. The average molecular weight is 334 g/mol. The van der Waals surface area contributed by atoms with E-state index in [0.29, 0.717) is 0 Å². The van der Waals surface area contributed by atoms with Gasteiger partial charge in [-0.1, -0.05) is 78.0 Å². The van der Waals surface area contributed by atoms with E-state index in [4.69, 9.17) is 0 Å². The van der Waals surface area contributed by atoms with Crippen LogP contribution in [0.25, 0.3) is 6.08 Å². The highest BCUT2D eigenvalue weighted by Crippen LogP contribution is 2.20. The summed E-state index contributed by atoms with van der Waals surface area (Å²) in [6, 6.07) is 18.6. The van der Waals surface area contributed by atoms with Gasteiger partial charge in [-0.25, -0.2) is 0 Å². The summed E-state index contributed by atoms with van der Waals surface area (Å²) in [6.45, 7) is 2.09. The molecule has 0 fully saturated rings. The molecule has 120 valence electrons. The molecule has 0 radical (unpaired) electrons. The number of hydrogen-bond donors (Lipinski definition) is 0. The van der Waals surface area contributed by atoms with Crippen LogP contribution in [0.15, 0.2) is 77.3 Å². The van der Waals surface area contributed by atoms with Crippen LogP contribution in [0.5, 0.6) is 0 Å². The Labute approximate surface area is 145 Å². The second-order valence-electron chi connectivity index (χ2n) is 5.27. The summed E-state index contributed by atoms with van der Waals surface area (Å²) in [5.41, 5.74) is 3.66. The van der Waals surface area contributed by atoms with Crippen LogP contribution < -0.4 is 0 Å². The zero-order valence-corrected chi connectivity index (χ0v) is 14.2. The van der Waals surface area contributed by atoms with Crippen molar-refractivity contribution in [3.8, 4) is 0 Å². The van der Waals surface area contributed by atoms with E-state index in [9.17, 15) is 0 Å². The number of aryl methyl sites for hydroxylation is 1. The van der Waals surface area contributed by atoms with Crippen LogP contribution in [0, 0.1) is 6.92 Å². The molecule has 1 heterocycles. The minimum atomic E-state index is 0.778. The molecule has 24 heavy (non-hydrogen) atoms. The Kier molecular flexibility index (Phi) is 5.58. The van der Waals surface area contributed by atoms with Crippen LogP contribution >= 0.6 is 11.8 Å². The maximum absolute atomic E-state index is 4.37. The van der Waals surface area contributed by atoms with E-state index in [2.05, 4.69) is 46.5 Å². The number of nitrogens with zero attached hydrogens (tertiary/aromatic N) is 4. The zero-order valence-electron chi connectivity index (χ0n) is 13.4. The number of hydrogen-bond acceptors (Lipinski definition) is 4. The number of thioether (sulfide) groups is 1. The molecule has 2 aromatic carbocycles. The van der Waals surface area contributed by atoms with Crippen LogP contribution in [0.1, 0.15) is 16.7 Å². The first-order valence-corrected chi connectivity index (χ1v) is 8.64. The molecule has 0 atom stereocenters. The molecule has 3 aromatic rings. The second kappa shape index (κ2) is 8.26. The molecule has 5 heteroatoms. The maximum atomic E-state index is 4.37. The summed E-state index contributed by atoms with van der Waals surface area (Å²) >= 11 is 1.62. The summed E-state index contributed by atoms with van der Waals surface area (Å²) in [5, 5.41) is 13.2. The van der Waals surface area contributed by atoms with E-state index in [1.165, 1.54) is 11.1 Å². The fourth-order valence-electron chi connectivity index (χ4n) is 2.05. The van der Waals surface area contributed by atoms with Crippen molar-refractivity contribution in [1.29, 1.82) is 0 Å². The highest BCUT2D eigenvalue weighted by molar-refractivity contribution is 7.98. The molecule has 0 bridgehead atoms. The monoisotopic (exact) mass is 334 g/mol. The van der Waals surface area contributed by atoms with Crippen molar-refractivity contribution in [1.82, 2.24) is 14.9 Å². The van der Waals surface area contributed by atoms with Gasteiger partial charge in [-0.15, -0.1) is 10.2 Å². The van der Waals surface area contributed by atoms with Gasteiger partial charge in [-0.05, 0) is 24.1 Å². The van der Waals surface area contributed by atoms with Crippen LogP contribution in [-0.4, -0.2) is 21.1 Å². The van der Waals surface area contributed by atoms with Gasteiger partial charge >= 0.3 is 0 Å². The van der Waals surface area contributed by atoms with Gasteiger partial charge in [-0.2, -0.15) is 9.78 Å². The average Bonchev–Trinajstić information content (AvgIpc) is 3.07. The first kappa shape index (κ1) is 16.2. The third-order valence-corrected chi connectivity index (χ3v) is 4.36. The number of rotatable bonds is 6. The van der Waals surface area contributed by atoms with Gasteiger partial charge in [0.15, 0.2) is 0 Å². The van der Waals surface area contributed by atoms with Gasteiger partial charge in [-0.3, -0.25) is 0 Å². The highest BCUT2D eigenvalue weighted by atomic mass is 32.2. The Morgan fingerprint density at radius 3 is 2.67 bits per heavy atom. The minimum Gasteiger partial charge on any atom is -0.195 e. The van der Waals surface area contributed by atoms with Gasteiger partial charge in [0.1, 0.15) is 6.33 Å². The van der Waals surface area contributed by atoms with Crippen LogP contribution in [0.4, 0.5) is 0 Å². The maximum Gasteiger partial charge on any atom is 0.212 e. The normalized spacial score (nSPS) is 11.5. The molecule has 0 aliphatic heterocycles. The minimum absolute atomic E-state index is 0.778. The summed E-state index contributed by atoms with van der Waals surface area (Å²) in [7, 11) is 0. The molecular formula is C19H18N4S. The molecule has 0 spiro atoms. The Morgan fingerprint density at radius 1 is 1.08 bits per heavy atom. The van der Waals surface area contributed by atoms with E-state index in [-0.39, 0.29) is 0 Å². The van der Waals surface area contributed by atoms with Crippen molar-refractivity contribution in [2.45, 2.75) is 17.8 Å². The Morgan fingerprint density at radius 2 is 1.88 bits per heavy atom. The number of allylic oxidation sites excluding steroid dienone is 1. The lowest BCUT2D eigenvalue weighted by Gasteiger charge is -2.01. The number of benzene rings is 2. The lowest BCUT2D eigenvalue weighted by atomic mass is 10.2. The summed E-state index contributed by atoms with van der Waals surface area (Å²) in [5.74, 6) is 0.842. The van der Waals surface area contributed by atoms with Gasteiger partial charge in [0.05, 0.1) is 0 Å². The van der Waals surface area contributed by atoms with E-state index in [0.717, 1.165) is 16.5 Å². The van der Waals surface area contributed by atoms with Gasteiger partial charge in [0.25, 0.3) is 0 Å². The lowest BCUT2D eigenvalue weighted by molar-refractivity contribution is 0.767. The third kappa shape index (κ3) is 4.67. The quantitative estimate of drug-likeness (QED) is 0.495. The molecular weight excluding hydrogens is 316 g/mol. The highest BCUT2D eigenvalue weighted by Gasteiger charge is 2.04. The summed E-state index contributed by atoms with van der Waals surface area (Å²) in [6.07, 6.45) is 7.27. The van der Waals surface area contributed by atoms with Crippen molar-refractivity contribution >= 4 is 24.1 Å². The lowest BCUT2D eigenvalue weighted by Crippen LogP contribution is -1.91. The standard InChI is InChI=1S/C19H18N4S/c1-16-9-11-18(12-10-16)14-24-19-22-20-15-23(19)21-13-5-8-17-6-3-2-4-7-17/h2-13,15H,14H2,1H3/b8-5-,21-13+. The molecule has 0 aliphatic carbocycles. The Bertz CT molecular complexity index is 820. The topological polar surface area (TPSA) is 43.1 Å². The van der Waals surface area contributed by atoms with Crippen LogP contribution in [0.2, 0.25) is 0 Å². The second-order valence-corrected chi connectivity index (χ2v) is 6.21. The molecule has 0 amide bonds. The fraction of sp³-hybridized carbons (Fsp3) is 0.105. The van der Waals surface area contributed by atoms with Crippen molar-refractivity contribution < 1.29 is 0 Å². The van der Waals surface area contributed by atoms with Gasteiger partial charge in [0, 0.05) is 12.0 Å². The Hall–Kier alpha value is -2.66.